The van der Waals surface area contributed by atoms with E-state index in [4.69, 9.17) is 9.26 Å². The first-order valence-corrected chi connectivity index (χ1v) is 7.22. The lowest BCUT2D eigenvalue weighted by molar-refractivity contribution is 0.0565. The minimum atomic E-state index is -0.0928. The lowest BCUT2D eigenvalue weighted by atomic mass is 9.99. The van der Waals surface area contributed by atoms with Gasteiger partial charge in [-0.2, -0.15) is 4.98 Å². The van der Waals surface area contributed by atoms with Crippen LogP contribution in [0.3, 0.4) is 0 Å². The van der Waals surface area contributed by atoms with Gasteiger partial charge in [-0.1, -0.05) is 19.0 Å². The molecule has 3 heterocycles. The summed E-state index contributed by atoms with van der Waals surface area (Å²) in [6.45, 7) is 5.16. The Hall–Kier alpha value is -2.44. The summed E-state index contributed by atoms with van der Waals surface area (Å²) in [6, 6.07) is 3.44. The molecule has 1 amide bonds. The van der Waals surface area contributed by atoms with E-state index in [2.05, 4.69) is 15.1 Å². The van der Waals surface area contributed by atoms with Crippen molar-refractivity contribution < 1.29 is 14.1 Å². The number of carbonyl (C=O) groups is 1. The molecule has 1 aliphatic heterocycles. The van der Waals surface area contributed by atoms with E-state index in [1.165, 1.54) is 7.11 Å². The van der Waals surface area contributed by atoms with Gasteiger partial charge in [-0.15, -0.1) is 0 Å². The zero-order valence-corrected chi connectivity index (χ0v) is 12.8. The van der Waals surface area contributed by atoms with Crippen LogP contribution in [0.4, 0.5) is 0 Å². The average Bonchev–Trinajstić information content (AvgIpc) is 2.95. The van der Waals surface area contributed by atoms with Crippen molar-refractivity contribution in [3.8, 4) is 5.88 Å². The normalized spacial score (nSPS) is 15.0. The highest BCUT2D eigenvalue weighted by Gasteiger charge is 2.37. The van der Waals surface area contributed by atoms with Crippen LogP contribution in [-0.2, 0) is 0 Å². The average molecular weight is 302 g/mol. The molecule has 2 aromatic rings. The van der Waals surface area contributed by atoms with Crippen molar-refractivity contribution in [1.29, 1.82) is 0 Å². The number of amides is 1. The Labute approximate surface area is 128 Å². The molecule has 7 nitrogen and oxygen atoms in total. The van der Waals surface area contributed by atoms with Crippen LogP contribution in [0, 0.1) is 0 Å². The highest BCUT2D eigenvalue weighted by atomic mass is 16.5. The molecule has 0 N–H and O–H groups in total. The van der Waals surface area contributed by atoms with Crippen molar-refractivity contribution in [1.82, 2.24) is 20.0 Å². The molecule has 0 aliphatic carbocycles. The van der Waals surface area contributed by atoms with E-state index in [1.807, 2.05) is 13.8 Å². The Morgan fingerprint density at radius 3 is 2.86 bits per heavy atom. The summed E-state index contributed by atoms with van der Waals surface area (Å²) in [6.07, 6.45) is 1.60. The van der Waals surface area contributed by atoms with E-state index in [-0.39, 0.29) is 17.7 Å². The second kappa shape index (κ2) is 5.75. The molecule has 1 aliphatic rings. The first-order valence-electron chi connectivity index (χ1n) is 7.22. The predicted octanol–water partition coefficient (Wildman–Crippen LogP) is 1.84. The first kappa shape index (κ1) is 14.5. The summed E-state index contributed by atoms with van der Waals surface area (Å²) in [7, 11) is 1.50. The highest BCUT2D eigenvalue weighted by Crippen LogP contribution is 2.29. The molecule has 0 unspecified atom stereocenters. The van der Waals surface area contributed by atoms with Gasteiger partial charge < -0.3 is 14.2 Å². The predicted molar refractivity (Wildman–Crippen MR) is 77.8 cm³/mol. The fraction of sp³-hybridized carbons (Fsp3) is 0.467. The highest BCUT2D eigenvalue weighted by molar-refractivity contribution is 5.96. The Morgan fingerprint density at radius 2 is 2.23 bits per heavy atom. The summed E-state index contributed by atoms with van der Waals surface area (Å²) in [5.41, 5.74) is 0.469. The number of carbonyl (C=O) groups excluding carboxylic acids is 1. The van der Waals surface area contributed by atoms with Crippen molar-refractivity contribution in [2.24, 2.45) is 0 Å². The van der Waals surface area contributed by atoms with Crippen LogP contribution >= 0.6 is 0 Å². The Balaban J connectivity index is 1.66. The maximum absolute atomic E-state index is 12.4. The van der Waals surface area contributed by atoms with Crippen LogP contribution in [-0.4, -0.2) is 46.1 Å². The summed E-state index contributed by atoms with van der Waals surface area (Å²) >= 11 is 0. The molecule has 0 radical (unpaired) electrons. The first-order chi connectivity index (χ1) is 10.6. The second-order valence-corrected chi connectivity index (χ2v) is 5.61. The van der Waals surface area contributed by atoms with E-state index in [9.17, 15) is 4.79 Å². The van der Waals surface area contributed by atoms with Crippen LogP contribution in [0.2, 0.25) is 0 Å². The quantitative estimate of drug-likeness (QED) is 0.857. The largest absolute Gasteiger partial charge is 0.480 e. The van der Waals surface area contributed by atoms with Gasteiger partial charge in [0.25, 0.3) is 5.91 Å². The van der Waals surface area contributed by atoms with Gasteiger partial charge in [0.15, 0.2) is 5.82 Å². The molecule has 1 saturated heterocycles. The minimum Gasteiger partial charge on any atom is -0.480 e. The van der Waals surface area contributed by atoms with E-state index in [0.29, 0.717) is 36.2 Å². The maximum Gasteiger partial charge on any atom is 0.259 e. The number of hydrogen-bond acceptors (Lipinski definition) is 6. The number of aromatic nitrogens is 3. The Kier molecular flexibility index (Phi) is 3.79. The molecule has 22 heavy (non-hydrogen) atoms. The number of hydrogen-bond donors (Lipinski definition) is 0. The molecule has 2 aromatic heterocycles. The lowest BCUT2D eigenvalue weighted by Crippen LogP contribution is -2.48. The summed E-state index contributed by atoms with van der Waals surface area (Å²) in [5.74, 6) is 1.89. The van der Waals surface area contributed by atoms with Crippen LogP contribution < -0.4 is 4.74 Å². The molecule has 3 rings (SSSR count). The number of rotatable bonds is 4. The number of ether oxygens (including phenoxy) is 1. The monoisotopic (exact) mass is 302 g/mol. The fourth-order valence-electron chi connectivity index (χ4n) is 2.33. The third-order valence-electron chi connectivity index (χ3n) is 3.69. The van der Waals surface area contributed by atoms with Gasteiger partial charge in [0, 0.05) is 25.2 Å². The van der Waals surface area contributed by atoms with Crippen LogP contribution in [0.15, 0.2) is 22.9 Å². The Bertz CT molecular complexity index is 677. The summed E-state index contributed by atoms with van der Waals surface area (Å²) < 4.78 is 10.4. The van der Waals surface area contributed by atoms with Crippen molar-refractivity contribution >= 4 is 5.91 Å². The summed E-state index contributed by atoms with van der Waals surface area (Å²) in [5, 5.41) is 3.95. The van der Waals surface area contributed by atoms with Gasteiger partial charge >= 0.3 is 0 Å². The zero-order chi connectivity index (χ0) is 15.7. The standard InChI is InChI=1S/C15H18N4O3/c1-9(2)12-17-13(22-18-12)10-7-19(8-10)15(20)11-5-4-6-16-14(11)21-3/h4-6,9-10H,7-8H2,1-3H3. The molecular formula is C15H18N4O3. The molecule has 116 valence electrons. The third-order valence-corrected chi connectivity index (χ3v) is 3.69. The van der Waals surface area contributed by atoms with Gasteiger partial charge in [-0.05, 0) is 12.1 Å². The van der Waals surface area contributed by atoms with E-state index in [1.54, 1.807) is 23.2 Å². The van der Waals surface area contributed by atoms with Gasteiger partial charge in [0.2, 0.25) is 11.8 Å². The number of nitrogens with zero attached hydrogens (tertiary/aromatic N) is 4. The van der Waals surface area contributed by atoms with Crippen molar-refractivity contribution in [2.75, 3.05) is 20.2 Å². The molecular weight excluding hydrogens is 284 g/mol. The molecule has 1 fully saturated rings. The molecule has 0 aromatic carbocycles. The van der Waals surface area contributed by atoms with E-state index < -0.39 is 0 Å². The zero-order valence-electron chi connectivity index (χ0n) is 12.8. The molecule has 0 spiro atoms. The van der Waals surface area contributed by atoms with Gasteiger partial charge in [-0.3, -0.25) is 4.79 Å². The molecule has 0 saturated carbocycles. The van der Waals surface area contributed by atoms with Crippen LogP contribution in [0.25, 0.3) is 0 Å². The smallest absolute Gasteiger partial charge is 0.259 e. The number of pyridine rings is 1. The van der Waals surface area contributed by atoms with Crippen molar-refractivity contribution in [2.45, 2.75) is 25.7 Å². The number of methoxy groups -OCH3 is 1. The van der Waals surface area contributed by atoms with Crippen molar-refractivity contribution in [3.63, 3.8) is 0 Å². The topological polar surface area (TPSA) is 81.4 Å². The SMILES string of the molecule is COc1ncccc1C(=O)N1CC(c2nc(C(C)C)no2)C1. The van der Waals surface area contributed by atoms with E-state index in [0.717, 1.165) is 0 Å². The fourth-order valence-corrected chi connectivity index (χ4v) is 2.33. The Morgan fingerprint density at radius 1 is 1.45 bits per heavy atom. The van der Waals surface area contributed by atoms with Gasteiger partial charge in [0.05, 0.1) is 13.0 Å². The van der Waals surface area contributed by atoms with Crippen LogP contribution in [0.5, 0.6) is 5.88 Å². The summed E-state index contributed by atoms with van der Waals surface area (Å²) in [4.78, 5) is 22.6. The molecule has 0 bridgehead atoms. The number of likely N-dealkylation sites (tertiary alicyclic amines) is 1. The van der Waals surface area contributed by atoms with E-state index >= 15 is 0 Å². The van der Waals surface area contributed by atoms with Crippen LogP contribution in [0.1, 0.15) is 47.8 Å². The third kappa shape index (κ3) is 2.54. The second-order valence-electron chi connectivity index (χ2n) is 5.61. The molecule has 0 atom stereocenters. The lowest BCUT2D eigenvalue weighted by Gasteiger charge is -2.37. The molecule has 7 heteroatoms. The van der Waals surface area contributed by atoms with Gasteiger partial charge in [-0.25, -0.2) is 4.98 Å². The maximum atomic E-state index is 12.4. The van der Waals surface area contributed by atoms with Crippen molar-refractivity contribution in [3.05, 3.63) is 35.6 Å². The van der Waals surface area contributed by atoms with Gasteiger partial charge in [0.1, 0.15) is 5.56 Å². The minimum absolute atomic E-state index is 0.0928.